The number of benzene rings is 1. The number of primary sulfonamides is 1. The Hall–Kier alpha value is -1.97. The number of para-hydroxylation sites is 1. The van der Waals surface area contributed by atoms with E-state index in [1.807, 2.05) is 24.4 Å². The predicted octanol–water partition coefficient (Wildman–Crippen LogP) is 2.52. The van der Waals surface area contributed by atoms with Crippen LogP contribution in [0.25, 0.3) is 0 Å². The topological polar surface area (TPSA) is 115 Å². The molecule has 0 unspecified atom stereocenters. The highest BCUT2D eigenvalue weighted by Crippen LogP contribution is 2.32. The van der Waals surface area contributed by atoms with Gasteiger partial charge >= 0.3 is 5.69 Å². The van der Waals surface area contributed by atoms with Gasteiger partial charge in [0.25, 0.3) is 0 Å². The van der Waals surface area contributed by atoms with Gasteiger partial charge in [-0.15, -0.1) is 11.3 Å². The van der Waals surface area contributed by atoms with E-state index in [4.69, 9.17) is 5.14 Å². The van der Waals surface area contributed by atoms with E-state index in [0.29, 0.717) is 6.54 Å². The molecular weight excluding hydrogens is 326 g/mol. The molecule has 118 valence electrons. The lowest BCUT2D eigenvalue weighted by molar-refractivity contribution is -0.386. The summed E-state index contributed by atoms with van der Waals surface area (Å²) >= 11 is 1.59. The average molecular weight is 341 g/mol. The molecule has 0 aliphatic heterocycles. The van der Waals surface area contributed by atoms with Crippen molar-refractivity contribution in [1.82, 2.24) is 0 Å². The van der Waals surface area contributed by atoms with Crippen LogP contribution in [0, 0.1) is 10.1 Å². The number of nitro benzene ring substituents is 1. The summed E-state index contributed by atoms with van der Waals surface area (Å²) in [5, 5.41) is 21.1. The first-order chi connectivity index (χ1) is 10.3. The number of rotatable bonds is 6. The number of hydrogen-bond acceptors (Lipinski definition) is 6. The summed E-state index contributed by atoms with van der Waals surface area (Å²) in [6.45, 7) is 2.42. The first kappa shape index (κ1) is 16.4. The van der Waals surface area contributed by atoms with Crippen molar-refractivity contribution >= 4 is 32.7 Å². The number of nitrogens with two attached hydrogens (primary N) is 1. The first-order valence-corrected chi connectivity index (χ1v) is 8.80. The number of nitrogens with zero attached hydrogens (tertiary/aromatic N) is 1. The molecule has 2 aromatic rings. The summed E-state index contributed by atoms with van der Waals surface area (Å²) in [7, 11) is -4.16. The molecule has 0 fully saturated rings. The van der Waals surface area contributed by atoms with Crippen molar-refractivity contribution in [3.8, 4) is 0 Å². The third-order valence-corrected chi connectivity index (χ3v) is 5.16. The van der Waals surface area contributed by atoms with Crippen LogP contribution < -0.4 is 10.5 Å². The minimum Gasteiger partial charge on any atom is -0.379 e. The van der Waals surface area contributed by atoms with Crippen LogP contribution in [0.1, 0.15) is 17.7 Å². The second-order valence-corrected chi connectivity index (χ2v) is 7.26. The summed E-state index contributed by atoms with van der Waals surface area (Å²) in [4.78, 5) is 11.1. The lowest BCUT2D eigenvalue weighted by Crippen LogP contribution is -2.16. The SMILES string of the molecule is C[C@@H](CNc1cccc(S(N)(=O)=O)c1[N+](=O)[O-])c1cccs1. The van der Waals surface area contributed by atoms with Crippen molar-refractivity contribution in [3.63, 3.8) is 0 Å². The van der Waals surface area contributed by atoms with Crippen molar-refractivity contribution in [3.05, 3.63) is 50.7 Å². The van der Waals surface area contributed by atoms with Crippen LogP contribution in [0.4, 0.5) is 11.4 Å². The molecule has 1 heterocycles. The van der Waals surface area contributed by atoms with Gasteiger partial charge in [-0.25, -0.2) is 13.6 Å². The molecule has 0 radical (unpaired) electrons. The quantitative estimate of drug-likeness (QED) is 0.619. The van der Waals surface area contributed by atoms with E-state index in [9.17, 15) is 18.5 Å². The zero-order chi connectivity index (χ0) is 16.3. The third kappa shape index (κ3) is 3.62. The van der Waals surface area contributed by atoms with Gasteiger partial charge in [-0.05, 0) is 23.6 Å². The Morgan fingerprint density at radius 1 is 1.36 bits per heavy atom. The molecule has 0 saturated carbocycles. The van der Waals surface area contributed by atoms with E-state index >= 15 is 0 Å². The Kier molecular flexibility index (Phi) is 4.79. The van der Waals surface area contributed by atoms with Crippen LogP contribution in [-0.4, -0.2) is 19.9 Å². The number of nitrogens with one attached hydrogen (secondary N) is 1. The van der Waals surface area contributed by atoms with Crippen LogP contribution >= 0.6 is 11.3 Å². The summed E-state index contributed by atoms with van der Waals surface area (Å²) in [5.41, 5.74) is -0.386. The number of thiophene rings is 1. The second-order valence-electron chi connectivity index (χ2n) is 4.75. The lowest BCUT2D eigenvalue weighted by Gasteiger charge is -2.13. The van der Waals surface area contributed by atoms with Crippen LogP contribution in [0.5, 0.6) is 0 Å². The summed E-state index contributed by atoms with van der Waals surface area (Å²) in [6.07, 6.45) is 0. The van der Waals surface area contributed by atoms with Gasteiger partial charge in [0.15, 0.2) is 4.90 Å². The second kappa shape index (κ2) is 6.42. The molecule has 1 aromatic carbocycles. The predicted molar refractivity (Wildman–Crippen MR) is 85.7 cm³/mol. The molecular formula is C13H15N3O4S2. The van der Waals surface area contributed by atoms with Crippen LogP contribution in [0.2, 0.25) is 0 Å². The zero-order valence-corrected chi connectivity index (χ0v) is 13.4. The standard InChI is InChI=1S/C13H15N3O4S2/c1-9(11-5-3-7-21-11)8-15-10-4-2-6-12(22(14,19)20)13(10)16(17)18/h2-7,9,15H,8H2,1H3,(H2,14,19,20)/t9-/m0/s1. The van der Waals surface area contributed by atoms with Crippen LogP contribution in [0.15, 0.2) is 40.6 Å². The molecule has 9 heteroatoms. The van der Waals surface area contributed by atoms with Gasteiger partial charge in [0, 0.05) is 17.3 Å². The largest absolute Gasteiger partial charge is 0.379 e. The van der Waals surface area contributed by atoms with Gasteiger partial charge in [-0.3, -0.25) is 10.1 Å². The maximum atomic E-state index is 11.5. The molecule has 0 aliphatic carbocycles. The molecule has 0 saturated heterocycles. The Morgan fingerprint density at radius 2 is 2.09 bits per heavy atom. The highest BCUT2D eigenvalue weighted by atomic mass is 32.2. The van der Waals surface area contributed by atoms with Gasteiger partial charge in [0.1, 0.15) is 5.69 Å². The summed E-state index contributed by atoms with van der Waals surface area (Å²) in [5.74, 6) is 0.137. The average Bonchev–Trinajstić information content (AvgIpc) is 2.97. The molecule has 1 aromatic heterocycles. The van der Waals surface area contributed by atoms with Crippen molar-refractivity contribution in [2.24, 2.45) is 5.14 Å². The van der Waals surface area contributed by atoms with Gasteiger partial charge in [-0.2, -0.15) is 0 Å². The van der Waals surface area contributed by atoms with Gasteiger partial charge in [0.05, 0.1) is 4.92 Å². The Balaban J connectivity index is 2.30. The minimum atomic E-state index is -4.16. The van der Waals surface area contributed by atoms with E-state index in [1.165, 1.54) is 12.1 Å². The Labute approximate surface area is 132 Å². The van der Waals surface area contributed by atoms with E-state index in [-0.39, 0.29) is 11.6 Å². The molecule has 0 bridgehead atoms. The number of nitro groups is 1. The van der Waals surface area contributed by atoms with Gasteiger partial charge in [-0.1, -0.05) is 19.1 Å². The van der Waals surface area contributed by atoms with Crippen LogP contribution in [-0.2, 0) is 10.0 Å². The highest BCUT2D eigenvalue weighted by Gasteiger charge is 2.26. The smallest absolute Gasteiger partial charge is 0.312 e. The van der Waals surface area contributed by atoms with E-state index in [0.717, 1.165) is 10.9 Å². The maximum Gasteiger partial charge on any atom is 0.312 e. The molecule has 0 spiro atoms. The van der Waals surface area contributed by atoms with Crippen molar-refractivity contribution in [2.45, 2.75) is 17.7 Å². The molecule has 1 atom stereocenters. The van der Waals surface area contributed by atoms with Crippen molar-refractivity contribution in [2.75, 3.05) is 11.9 Å². The fourth-order valence-electron chi connectivity index (χ4n) is 2.02. The minimum absolute atomic E-state index is 0.137. The van der Waals surface area contributed by atoms with E-state index in [2.05, 4.69) is 5.32 Å². The summed E-state index contributed by atoms with van der Waals surface area (Å²) < 4.78 is 23.0. The third-order valence-electron chi connectivity index (χ3n) is 3.12. The molecule has 0 aliphatic rings. The normalized spacial score (nSPS) is 12.8. The van der Waals surface area contributed by atoms with Crippen LogP contribution in [0.3, 0.4) is 0 Å². The molecule has 2 rings (SSSR count). The van der Waals surface area contributed by atoms with E-state index in [1.54, 1.807) is 11.3 Å². The van der Waals surface area contributed by atoms with Gasteiger partial charge < -0.3 is 5.32 Å². The zero-order valence-electron chi connectivity index (χ0n) is 11.7. The Morgan fingerprint density at radius 3 is 2.64 bits per heavy atom. The molecule has 7 nitrogen and oxygen atoms in total. The maximum absolute atomic E-state index is 11.5. The fraction of sp³-hybridized carbons (Fsp3) is 0.231. The number of anilines is 1. The molecule has 0 amide bonds. The Bertz CT molecular complexity index is 773. The molecule has 3 N–H and O–H groups in total. The fourth-order valence-corrected chi connectivity index (χ4v) is 3.53. The van der Waals surface area contributed by atoms with E-state index < -0.39 is 25.5 Å². The van der Waals surface area contributed by atoms with Gasteiger partial charge in [0.2, 0.25) is 10.0 Å². The molecule has 22 heavy (non-hydrogen) atoms. The van der Waals surface area contributed by atoms with Crippen molar-refractivity contribution in [1.29, 1.82) is 0 Å². The highest BCUT2D eigenvalue weighted by molar-refractivity contribution is 7.89. The summed E-state index contributed by atoms with van der Waals surface area (Å²) in [6, 6.07) is 7.92. The first-order valence-electron chi connectivity index (χ1n) is 6.38. The monoisotopic (exact) mass is 341 g/mol. The number of sulfonamides is 1. The number of hydrogen-bond donors (Lipinski definition) is 2. The lowest BCUT2D eigenvalue weighted by atomic mass is 10.1. The van der Waals surface area contributed by atoms with Crippen molar-refractivity contribution < 1.29 is 13.3 Å².